The van der Waals surface area contributed by atoms with E-state index in [9.17, 15) is 14.4 Å². The van der Waals surface area contributed by atoms with Crippen molar-refractivity contribution in [2.24, 2.45) is 0 Å². The lowest BCUT2D eigenvalue weighted by Crippen LogP contribution is -2.17. The lowest BCUT2D eigenvalue weighted by atomic mass is 9.93. The molecule has 6 heteroatoms. The second-order valence-electron chi connectivity index (χ2n) is 5.69. The zero-order chi connectivity index (χ0) is 19.1. The van der Waals surface area contributed by atoms with E-state index >= 15 is 0 Å². The highest BCUT2D eigenvalue weighted by atomic mass is 16.5. The van der Waals surface area contributed by atoms with Crippen LogP contribution in [0.3, 0.4) is 0 Å². The minimum atomic E-state index is -0.608. The van der Waals surface area contributed by atoms with Crippen LogP contribution in [0.4, 0.5) is 0 Å². The average Bonchev–Trinajstić information content (AvgIpc) is 2.61. The van der Waals surface area contributed by atoms with Gasteiger partial charge in [-0.25, -0.2) is 9.59 Å². The zero-order valence-electron chi connectivity index (χ0n) is 15.1. The van der Waals surface area contributed by atoms with Gasteiger partial charge in [-0.3, -0.25) is 4.79 Å². The maximum absolute atomic E-state index is 12.1. The maximum atomic E-state index is 12.1. The van der Waals surface area contributed by atoms with Gasteiger partial charge in [-0.15, -0.1) is 0 Å². The molecule has 1 aromatic carbocycles. The summed E-state index contributed by atoms with van der Waals surface area (Å²) in [7, 11) is 0. The fourth-order valence-electron chi connectivity index (χ4n) is 2.64. The van der Waals surface area contributed by atoms with Gasteiger partial charge in [0.1, 0.15) is 17.5 Å². The van der Waals surface area contributed by atoms with E-state index in [1.54, 1.807) is 38.1 Å². The molecule has 0 fully saturated rings. The molecule has 0 aliphatic carbocycles. The predicted octanol–water partition coefficient (Wildman–Crippen LogP) is 3.13. The highest BCUT2D eigenvalue weighted by Crippen LogP contribution is 2.35. The Morgan fingerprint density at radius 1 is 1.12 bits per heavy atom. The van der Waals surface area contributed by atoms with E-state index in [0.29, 0.717) is 16.7 Å². The molecule has 26 heavy (non-hydrogen) atoms. The van der Waals surface area contributed by atoms with Gasteiger partial charge in [0.05, 0.1) is 19.5 Å². The summed E-state index contributed by atoms with van der Waals surface area (Å²) in [5.74, 6) is -1.18. The number of ether oxygens (including phenoxy) is 3. The fourth-order valence-corrected chi connectivity index (χ4v) is 2.64. The number of hydrogen-bond acceptors (Lipinski definition) is 6. The Hall–Kier alpha value is -2.89. The zero-order valence-corrected chi connectivity index (χ0v) is 15.1. The van der Waals surface area contributed by atoms with Gasteiger partial charge in [0, 0.05) is 17.6 Å². The van der Waals surface area contributed by atoms with Gasteiger partial charge in [-0.1, -0.05) is 24.3 Å². The number of rotatable bonds is 7. The largest absolute Gasteiger partial charge is 0.488 e. The third kappa shape index (κ3) is 4.59. The van der Waals surface area contributed by atoms with Crippen LogP contribution in [0.15, 0.2) is 42.2 Å². The average molecular weight is 358 g/mol. The van der Waals surface area contributed by atoms with Crippen molar-refractivity contribution in [1.29, 1.82) is 0 Å². The summed E-state index contributed by atoms with van der Waals surface area (Å²) in [4.78, 5) is 35.8. The number of ketones is 1. The molecule has 6 nitrogen and oxygen atoms in total. The highest BCUT2D eigenvalue weighted by molar-refractivity contribution is 6.17. The predicted molar refractivity (Wildman–Crippen MR) is 94.9 cm³/mol. The van der Waals surface area contributed by atoms with Crippen molar-refractivity contribution in [2.75, 3.05) is 13.2 Å². The molecule has 1 aromatic rings. The third-order valence-corrected chi connectivity index (χ3v) is 3.71. The van der Waals surface area contributed by atoms with Crippen LogP contribution in [-0.2, 0) is 28.6 Å². The SMILES string of the molecule is CCOC(=O)C1=COC(/C=C(\CC(C)=O)C(=O)OCC)c2ccccc21. The lowest BCUT2D eigenvalue weighted by molar-refractivity contribution is -0.139. The summed E-state index contributed by atoms with van der Waals surface area (Å²) >= 11 is 0. The van der Waals surface area contributed by atoms with Crippen molar-refractivity contribution in [3.63, 3.8) is 0 Å². The summed E-state index contributed by atoms with van der Waals surface area (Å²) in [5.41, 5.74) is 1.93. The number of carbonyl (C=O) groups excluding carboxylic acids is 3. The van der Waals surface area contributed by atoms with Gasteiger partial charge in [-0.2, -0.15) is 0 Å². The minimum Gasteiger partial charge on any atom is -0.488 e. The number of benzene rings is 1. The first-order valence-corrected chi connectivity index (χ1v) is 8.47. The fraction of sp³-hybridized carbons (Fsp3) is 0.350. The van der Waals surface area contributed by atoms with Gasteiger partial charge in [0.2, 0.25) is 0 Å². The van der Waals surface area contributed by atoms with Crippen LogP contribution in [0.5, 0.6) is 0 Å². The topological polar surface area (TPSA) is 78.9 Å². The number of esters is 2. The van der Waals surface area contributed by atoms with Crippen molar-refractivity contribution in [3.8, 4) is 0 Å². The molecule has 2 rings (SSSR count). The molecule has 138 valence electrons. The summed E-state index contributed by atoms with van der Waals surface area (Å²) < 4.78 is 15.7. The summed E-state index contributed by atoms with van der Waals surface area (Å²) in [6.07, 6.45) is 2.24. The Bertz CT molecular complexity index is 759. The van der Waals surface area contributed by atoms with Crippen LogP contribution in [0, 0.1) is 0 Å². The molecule has 0 bridgehead atoms. The smallest absolute Gasteiger partial charge is 0.341 e. The second-order valence-corrected chi connectivity index (χ2v) is 5.69. The Labute approximate surface area is 152 Å². The molecule has 1 heterocycles. The van der Waals surface area contributed by atoms with Crippen molar-refractivity contribution in [2.45, 2.75) is 33.3 Å². The molecule has 1 aliphatic rings. The molecule has 0 spiro atoms. The Kier molecular flexibility index (Phi) is 6.72. The first-order chi connectivity index (χ1) is 12.5. The van der Waals surface area contributed by atoms with Gasteiger partial charge in [0.15, 0.2) is 0 Å². The van der Waals surface area contributed by atoms with Crippen LogP contribution in [-0.4, -0.2) is 30.9 Å². The molecule has 0 saturated carbocycles. The minimum absolute atomic E-state index is 0.0463. The number of hydrogen-bond donors (Lipinski definition) is 0. The van der Waals surface area contributed by atoms with Crippen LogP contribution < -0.4 is 0 Å². The maximum Gasteiger partial charge on any atom is 0.341 e. The van der Waals surface area contributed by atoms with E-state index in [0.717, 1.165) is 0 Å². The first-order valence-electron chi connectivity index (χ1n) is 8.47. The van der Waals surface area contributed by atoms with Crippen molar-refractivity contribution < 1.29 is 28.6 Å². The standard InChI is InChI=1S/C20H22O6/c1-4-24-19(22)14(10-13(3)21)11-18-16-9-7-6-8-15(16)17(12-26-18)20(23)25-5-2/h6-9,11-12,18H,4-5,10H2,1-3H3/b14-11+. The van der Waals surface area contributed by atoms with Crippen LogP contribution >= 0.6 is 0 Å². The Morgan fingerprint density at radius 2 is 1.81 bits per heavy atom. The van der Waals surface area contributed by atoms with Gasteiger partial charge in [0.25, 0.3) is 0 Å². The molecular weight excluding hydrogens is 336 g/mol. The number of fused-ring (bicyclic) bond motifs is 1. The van der Waals surface area contributed by atoms with Crippen molar-refractivity contribution in [3.05, 3.63) is 53.3 Å². The van der Waals surface area contributed by atoms with Gasteiger partial charge < -0.3 is 14.2 Å². The van der Waals surface area contributed by atoms with E-state index in [-0.39, 0.29) is 31.0 Å². The molecule has 1 atom stereocenters. The normalized spacial score (nSPS) is 16.0. The molecule has 1 unspecified atom stereocenters. The van der Waals surface area contributed by atoms with E-state index in [1.807, 2.05) is 6.07 Å². The second kappa shape index (κ2) is 8.99. The van der Waals surface area contributed by atoms with Crippen LogP contribution in [0.2, 0.25) is 0 Å². The van der Waals surface area contributed by atoms with Gasteiger partial charge in [-0.05, 0) is 32.4 Å². The Balaban J connectivity index is 2.40. The van der Waals surface area contributed by atoms with E-state index in [1.165, 1.54) is 13.2 Å². The lowest BCUT2D eigenvalue weighted by Gasteiger charge is -2.24. The van der Waals surface area contributed by atoms with E-state index in [4.69, 9.17) is 14.2 Å². The number of Topliss-reactive ketones (excluding diaryl/α,β-unsaturated/α-hetero) is 1. The summed E-state index contributed by atoms with van der Waals surface area (Å²) in [6, 6.07) is 7.21. The third-order valence-electron chi connectivity index (χ3n) is 3.71. The van der Waals surface area contributed by atoms with E-state index in [2.05, 4.69) is 0 Å². The quantitative estimate of drug-likeness (QED) is 0.550. The molecule has 0 radical (unpaired) electrons. The first kappa shape index (κ1) is 19.4. The van der Waals surface area contributed by atoms with Gasteiger partial charge >= 0.3 is 11.9 Å². The van der Waals surface area contributed by atoms with E-state index < -0.39 is 18.0 Å². The van der Waals surface area contributed by atoms with Crippen LogP contribution in [0.1, 0.15) is 44.4 Å². The summed E-state index contributed by atoms with van der Waals surface area (Å²) in [5, 5.41) is 0. The molecule has 0 N–H and O–H groups in total. The van der Waals surface area contributed by atoms with Crippen molar-refractivity contribution in [1.82, 2.24) is 0 Å². The van der Waals surface area contributed by atoms with Crippen LogP contribution in [0.25, 0.3) is 5.57 Å². The monoisotopic (exact) mass is 358 g/mol. The van der Waals surface area contributed by atoms with Crippen molar-refractivity contribution >= 4 is 23.3 Å². The Morgan fingerprint density at radius 3 is 2.46 bits per heavy atom. The molecular formula is C20H22O6. The molecule has 0 saturated heterocycles. The molecule has 1 aliphatic heterocycles. The number of carbonyl (C=O) groups is 3. The summed E-state index contributed by atoms with van der Waals surface area (Å²) in [6.45, 7) is 5.30. The molecule has 0 aromatic heterocycles. The molecule has 0 amide bonds. The highest BCUT2D eigenvalue weighted by Gasteiger charge is 2.27.